The van der Waals surface area contributed by atoms with Crippen LogP contribution in [-0.2, 0) is 27.9 Å². The number of carbonyl (C=O) groups excluding carboxylic acids is 3. The summed E-state index contributed by atoms with van der Waals surface area (Å²) in [5.41, 5.74) is 2.55. The van der Waals surface area contributed by atoms with Crippen LogP contribution < -0.4 is 0 Å². The van der Waals surface area contributed by atoms with Gasteiger partial charge in [-0.15, -0.1) is 0 Å². The molecule has 3 aliphatic rings. The fourth-order valence-electron chi connectivity index (χ4n) is 5.90. The monoisotopic (exact) mass is 443 g/mol. The Bertz CT molecular complexity index is 917. The van der Waals surface area contributed by atoms with Crippen molar-refractivity contribution in [3.63, 3.8) is 0 Å². The quantitative estimate of drug-likeness (QED) is 0.692. The molecule has 0 N–H and O–H groups in total. The zero-order valence-corrected chi connectivity index (χ0v) is 20.2. The van der Waals surface area contributed by atoms with Gasteiger partial charge >= 0.3 is 0 Å². The molecule has 0 aliphatic carbocycles. The highest BCUT2D eigenvalue weighted by Gasteiger charge is 2.60. The van der Waals surface area contributed by atoms with Gasteiger partial charge in [0.05, 0.1) is 11.1 Å². The van der Waals surface area contributed by atoms with E-state index < -0.39 is 5.41 Å². The number of likely N-dealkylation sites (tertiary alicyclic amines) is 3. The topological polar surface area (TPSA) is 78.8 Å². The molecule has 0 aromatic carbocycles. The molecule has 3 amide bonds. The van der Waals surface area contributed by atoms with E-state index in [4.69, 9.17) is 0 Å². The molecule has 0 spiro atoms. The van der Waals surface area contributed by atoms with E-state index in [1.165, 1.54) is 0 Å². The first-order valence-corrected chi connectivity index (χ1v) is 12.0. The molecule has 32 heavy (non-hydrogen) atoms. The van der Waals surface area contributed by atoms with Crippen LogP contribution in [0, 0.1) is 31.1 Å². The molecule has 1 aromatic heterocycles. The predicted octanol–water partition coefficient (Wildman–Crippen LogP) is 1.53. The van der Waals surface area contributed by atoms with Crippen molar-refractivity contribution in [1.29, 1.82) is 0 Å². The molecule has 3 fully saturated rings. The predicted molar refractivity (Wildman–Crippen MR) is 121 cm³/mol. The molecule has 3 aliphatic heterocycles. The number of hydrogen-bond donors (Lipinski definition) is 0. The second kappa shape index (κ2) is 8.52. The van der Waals surface area contributed by atoms with Gasteiger partial charge in [0, 0.05) is 70.3 Å². The van der Waals surface area contributed by atoms with Crippen LogP contribution >= 0.6 is 0 Å². The second-order valence-corrected chi connectivity index (χ2v) is 10.3. The van der Waals surface area contributed by atoms with Crippen molar-refractivity contribution in [1.82, 2.24) is 24.5 Å². The maximum atomic E-state index is 13.7. The Kier molecular flexibility index (Phi) is 6.07. The van der Waals surface area contributed by atoms with Crippen molar-refractivity contribution in [3.05, 3.63) is 17.0 Å². The minimum atomic E-state index is -0.648. The van der Waals surface area contributed by atoms with E-state index in [0.29, 0.717) is 39.0 Å². The minimum absolute atomic E-state index is 0.0177. The van der Waals surface area contributed by atoms with Crippen molar-refractivity contribution >= 4 is 17.7 Å². The van der Waals surface area contributed by atoms with Crippen molar-refractivity contribution in [3.8, 4) is 0 Å². The van der Waals surface area contributed by atoms with Crippen LogP contribution in [0.5, 0.6) is 0 Å². The zero-order chi connectivity index (χ0) is 23.2. The molecule has 176 valence electrons. The molecule has 0 saturated carbocycles. The van der Waals surface area contributed by atoms with Gasteiger partial charge < -0.3 is 14.7 Å². The summed E-state index contributed by atoms with van der Waals surface area (Å²) in [5, 5.41) is 4.45. The van der Waals surface area contributed by atoms with Crippen LogP contribution in [0.25, 0.3) is 0 Å². The van der Waals surface area contributed by atoms with E-state index in [-0.39, 0.29) is 29.6 Å². The standard InChI is InChI=1S/C24H37N5O3/c1-16(2)22(31)29-13-19-12-28(14-24(19,15-29)23(32)27-10-6-7-11-27)21(30)9-8-20-17(3)25-26(5)18(20)4/h16,19H,6-15H2,1-5H3/t19-,24-/m1/s1. The summed E-state index contributed by atoms with van der Waals surface area (Å²) >= 11 is 0. The average Bonchev–Trinajstić information content (AvgIpc) is 3.50. The largest absolute Gasteiger partial charge is 0.342 e. The summed E-state index contributed by atoms with van der Waals surface area (Å²) in [4.78, 5) is 45.3. The van der Waals surface area contributed by atoms with Gasteiger partial charge in [-0.05, 0) is 38.7 Å². The Morgan fingerprint density at radius 2 is 1.66 bits per heavy atom. The van der Waals surface area contributed by atoms with Crippen LogP contribution in [0.1, 0.15) is 50.1 Å². The molecule has 8 nitrogen and oxygen atoms in total. The van der Waals surface area contributed by atoms with Crippen molar-refractivity contribution in [2.24, 2.45) is 24.3 Å². The molecule has 4 heterocycles. The molecule has 0 radical (unpaired) electrons. The second-order valence-electron chi connectivity index (χ2n) is 10.3. The van der Waals surface area contributed by atoms with E-state index in [1.54, 1.807) is 0 Å². The van der Waals surface area contributed by atoms with Gasteiger partial charge in [-0.1, -0.05) is 13.8 Å². The van der Waals surface area contributed by atoms with E-state index in [2.05, 4.69) is 5.10 Å². The summed E-state index contributed by atoms with van der Waals surface area (Å²) < 4.78 is 1.86. The van der Waals surface area contributed by atoms with Crippen molar-refractivity contribution in [2.75, 3.05) is 39.3 Å². The Hall–Kier alpha value is -2.38. The summed E-state index contributed by atoms with van der Waals surface area (Å²) in [6.45, 7) is 11.4. The van der Waals surface area contributed by atoms with Crippen LogP contribution in [0.3, 0.4) is 0 Å². The molecule has 1 aromatic rings. The Labute approximate surface area is 190 Å². The first kappa shape index (κ1) is 22.8. The number of amides is 3. The Balaban J connectivity index is 1.49. The lowest BCUT2D eigenvalue weighted by Gasteiger charge is -2.32. The van der Waals surface area contributed by atoms with Crippen molar-refractivity contribution < 1.29 is 14.4 Å². The lowest BCUT2D eigenvalue weighted by molar-refractivity contribution is -0.142. The maximum Gasteiger partial charge on any atom is 0.232 e. The average molecular weight is 444 g/mol. The van der Waals surface area contributed by atoms with E-state index >= 15 is 0 Å². The number of aromatic nitrogens is 2. The molecule has 0 unspecified atom stereocenters. The van der Waals surface area contributed by atoms with Crippen LogP contribution in [-0.4, -0.2) is 81.5 Å². The first-order valence-electron chi connectivity index (χ1n) is 12.0. The highest BCUT2D eigenvalue weighted by molar-refractivity contribution is 5.88. The van der Waals surface area contributed by atoms with Crippen LogP contribution in [0.15, 0.2) is 0 Å². The lowest BCUT2D eigenvalue weighted by Crippen LogP contribution is -2.49. The molecule has 0 bridgehead atoms. The van der Waals surface area contributed by atoms with Gasteiger partial charge in [0.15, 0.2) is 0 Å². The number of carbonyl (C=O) groups is 3. The smallest absolute Gasteiger partial charge is 0.232 e. The van der Waals surface area contributed by atoms with Gasteiger partial charge in [-0.25, -0.2) is 0 Å². The van der Waals surface area contributed by atoms with Gasteiger partial charge in [-0.2, -0.15) is 5.10 Å². The van der Waals surface area contributed by atoms with Gasteiger partial charge in [0.25, 0.3) is 0 Å². The van der Waals surface area contributed by atoms with Gasteiger partial charge in [0.1, 0.15) is 0 Å². The Morgan fingerprint density at radius 1 is 1.03 bits per heavy atom. The summed E-state index contributed by atoms with van der Waals surface area (Å²) in [7, 11) is 1.92. The highest BCUT2D eigenvalue weighted by Crippen LogP contribution is 2.45. The maximum absolute atomic E-state index is 13.7. The fourth-order valence-corrected chi connectivity index (χ4v) is 5.90. The number of hydrogen-bond acceptors (Lipinski definition) is 4. The summed E-state index contributed by atoms with van der Waals surface area (Å²) in [6.07, 6.45) is 3.15. The third kappa shape index (κ3) is 3.82. The molecule has 4 rings (SSSR count). The Morgan fingerprint density at radius 3 is 2.25 bits per heavy atom. The van der Waals surface area contributed by atoms with Crippen LogP contribution in [0.2, 0.25) is 0 Å². The SMILES string of the molecule is Cc1nn(C)c(C)c1CCC(=O)N1C[C@@H]2CN(C(=O)C(C)C)C[C@]2(C(=O)N2CCCC2)C1. The lowest BCUT2D eigenvalue weighted by atomic mass is 9.79. The van der Waals surface area contributed by atoms with Crippen molar-refractivity contribution in [2.45, 2.75) is 53.4 Å². The number of nitrogens with zero attached hydrogens (tertiary/aromatic N) is 5. The molecular weight excluding hydrogens is 406 g/mol. The zero-order valence-electron chi connectivity index (χ0n) is 20.2. The van der Waals surface area contributed by atoms with Gasteiger partial charge in [0.2, 0.25) is 17.7 Å². The molecular formula is C24H37N5O3. The first-order chi connectivity index (χ1) is 15.1. The number of rotatable bonds is 5. The molecule has 3 saturated heterocycles. The summed E-state index contributed by atoms with van der Waals surface area (Å²) in [6, 6.07) is 0. The third-order valence-corrected chi connectivity index (χ3v) is 7.83. The number of fused-ring (bicyclic) bond motifs is 1. The van der Waals surface area contributed by atoms with Crippen LogP contribution in [0.4, 0.5) is 0 Å². The highest BCUT2D eigenvalue weighted by atomic mass is 16.2. The minimum Gasteiger partial charge on any atom is -0.342 e. The van der Waals surface area contributed by atoms with E-state index in [1.807, 2.05) is 54.1 Å². The van der Waals surface area contributed by atoms with E-state index in [9.17, 15) is 14.4 Å². The molecule has 8 heteroatoms. The molecule has 2 atom stereocenters. The summed E-state index contributed by atoms with van der Waals surface area (Å²) in [5.74, 6) is 0.277. The van der Waals surface area contributed by atoms with E-state index in [0.717, 1.165) is 42.9 Å². The van der Waals surface area contributed by atoms with Gasteiger partial charge in [-0.3, -0.25) is 19.1 Å². The normalized spacial score (nSPS) is 25.2. The third-order valence-electron chi connectivity index (χ3n) is 7.83. The number of aryl methyl sites for hydroxylation is 2. The fraction of sp³-hybridized carbons (Fsp3) is 0.750.